The fourth-order valence-corrected chi connectivity index (χ4v) is 1.39. The van der Waals surface area contributed by atoms with Crippen LogP contribution in [0.25, 0.3) is 0 Å². The molecule has 0 aromatic rings. The van der Waals surface area contributed by atoms with E-state index in [2.05, 4.69) is 6.58 Å². The van der Waals surface area contributed by atoms with Gasteiger partial charge in [0, 0.05) is 13.8 Å². The van der Waals surface area contributed by atoms with Gasteiger partial charge in [-0.1, -0.05) is 12.2 Å². The maximum atomic E-state index is 10.9. The van der Waals surface area contributed by atoms with Gasteiger partial charge in [-0.25, -0.2) is 0 Å². The van der Waals surface area contributed by atoms with Crippen molar-refractivity contribution in [2.45, 2.75) is 45.6 Å². The standard InChI is InChI=1S/C14H22O4/c1-4-5-6-9-14(18-13(3)16)10-7-8-11-17-12(2)15/h4,7,10,14H,1,5-6,8-9,11H2,2-3H3. The van der Waals surface area contributed by atoms with Gasteiger partial charge < -0.3 is 9.47 Å². The first-order valence-corrected chi connectivity index (χ1v) is 6.14. The summed E-state index contributed by atoms with van der Waals surface area (Å²) in [5.74, 6) is -0.575. The van der Waals surface area contributed by atoms with Crippen LogP contribution in [0, 0.1) is 0 Å². The zero-order valence-corrected chi connectivity index (χ0v) is 11.2. The number of allylic oxidation sites excluding steroid dienone is 1. The van der Waals surface area contributed by atoms with Crippen molar-refractivity contribution in [3.05, 3.63) is 24.8 Å². The van der Waals surface area contributed by atoms with E-state index in [1.807, 2.05) is 18.2 Å². The highest BCUT2D eigenvalue weighted by molar-refractivity contribution is 5.66. The van der Waals surface area contributed by atoms with Crippen LogP contribution in [0.3, 0.4) is 0 Å². The van der Waals surface area contributed by atoms with Gasteiger partial charge in [-0.2, -0.15) is 0 Å². The molecule has 0 heterocycles. The lowest BCUT2D eigenvalue weighted by atomic mass is 10.1. The molecule has 0 aromatic carbocycles. The Morgan fingerprint density at radius 1 is 1.22 bits per heavy atom. The third-order valence-corrected chi connectivity index (χ3v) is 2.15. The molecule has 0 fully saturated rings. The van der Waals surface area contributed by atoms with Crippen LogP contribution in [-0.2, 0) is 19.1 Å². The average Bonchev–Trinajstić information content (AvgIpc) is 2.27. The normalized spacial score (nSPS) is 12.1. The van der Waals surface area contributed by atoms with Gasteiger partial charge in [-0.15, -0.1) is 6.58 Å². The van der Waals surface area contributed by atoms with E-state index >= 15 is 0 Å². The Bertz CT molecular complexity index is 294. The fourth-order valence-electron chi connectivity index (χ4n) is 1.39. The van der Waals surface area contributed by atoms with Gasteiger partial charge in [-0.3, -0.25) is 9.59 Å². The van der Waals surface area contributed by atoms with E-state index in [1.165, 1.54) is 13.8 Å². The van der Waals surface area contributed by atoms with E-state index in [0.717, 1.165) is 19.3 Å². The van der Waals surface area contributed by atoms with Crippen molar-refractivity contribution < 1.29 is 19.1 Å². The zero-order valence-electron chi connectivity index (χ0n) is 11.2. The van der Waals surface area contributed by atoms with Crippen LogP contribution in [0.2, 0.25) is 0 Å². The molecule has 102 valence electrons. The molecule has 0 saturated carbocycles. The molecular weight excluding hydrogens is 232 g/mol. The second kappa shape index (κ2) is 10.6. The number of carbonyl (C=O) groups excluding carboxylic acids is 2. The number of ether oxygens (including phenoxy) is 2. The first-order chi connectivity index (χ1) is 8.56. The molecule has 0 spiro atoms. The van der Waals surface area contributed by atoms with Crippen molar-refractivity contribution in [2.24, 2.45) is 0 Å². The molecular formula is C14H22O4. The minimum absolute atomic E-state index is 0.209. The van der Waals surface area contributed by atoms with Crippen molar-refractivity contribution in [1.82, 2.24) is 0 Å². The minimum Gasteiger partial charge on any atom is -0.466 e. The summed E-state index contributed by atoms with van der Waals surface area (Å²) < 4.78 is 9.95. The van der Waals surface area contributed by atoms with Crippen LogP contribution in [0.15, 0.2) is 24.8 Å². The van der Waals surface area contributed by atoms with E-state index in [1.54, 1.807) is 0 Å². The van der Waals surface area contributed by atoms with Crippen LogP contribution in [-0.4, -0.2) is 24.6 Å². The molecule has 1 unspecified atom stereocenters. The molecule has 0 rings (SSSR count). The molecule has 18 heavy (non-hydrogen) atoms. The average molecular weight is 254 g/mol. The van der Waals surface area contributed by atoms with Crippen LogP contribution in [0.4, 0.5) is 0 Å². The Kier molecular flexibility index (Phi) is 9.64. The summed E-state index contributed by atoms with van der Waals surface area (Å²) in [7, 11) is 0. The number of rotatable bonds is 9. The van der Waals surface area contributed by atoms with E-state index in [4.69, 9.17) is 9.47 Å². The third-order valence-electron chi connectivity index (χ3n) is 2.15. The molecule has 0 radical (unpaired) electrons. The predicted octanol–water partition coefficient (Wildman–Crippen LogP) is 2.78. The van der Waals surface area contributed by atoms with Gasteiger partial charge in [-0.05, 0) is 31.8 Å². The molecule has 0 aliphatic heterocycles. The second-order valence-corrected chi connectivity index (χ2v) is 3.92. The first kappa shape index (κ1) is 16.4. The lowest BCUT2D eigenvalue weighted by molar-refractivity contribution is -0.144. The van der Waals surface area contributed by atoms with Crippen LogP contribution in [0.1, 0.15) is 39.5 Å². The highest BCUT2D eigenvalue weighted by atomic mass is 16.5. The zero-order chi connectivity index (χ0) is 13.8. The quantitative estimate of drug-likeness (QED) is 0.360. The summed E-state index contributed by atoms with van der Waals surface area (Å²) in [6.45, 7) is 6.77. The Labute approximate surface area is 109 Å². The lowest BCUT2D eigenvalue weighted by Gasteiger charge is -2.12. The summed E-state index contributed by atoms with van der Waals surface area (Å²) in [6, 6.07) is 0. The summed E-state index contributed by atoms with van der Waals surface area (Å²) in [5, 5.41) is 0. The monoisotopic (exact) mass is 254 g/mol. The molecule has 4 nitrogen and oxygen atoms in total. The van der Waals surface area contributed by atoms with Gasteiger partial charge in [0.2, 0.25) is 0 Å². The first-order valence-electron chi connectivity index (χ1n) is 6.14. The molecule has 0 saturated heterocycles. The van der Waals surface area contributed by atoms with Crippen molar-refractivity contribution in [3.8, 4) is 0 Å². The Morgan fingerprint density at radius 3 is 2.50 bits per heavy atom. The smallest absolute Gasteiger partial charge is 0.303 e. The van der Waals surface area contributed by atoms with Crippen molar-refractivity contribution in [3.63, 3.8) is 0 Å². The minimum atomic E-state index is -0.289. The van der Waals surface area contributed by atoms with Crippen LogP contribution < -0.4 is 0 Å². The molecule has 1 atom stereocenters. The number of esters is 2. The summed E-state index contributed by atoms with van der Waals surface area (Å²) >= 11 is 0. The van der Waals surface area contributed by atoms with Gasteiger partial charge in [0.1, 0.15) is 6.10 Å². The number of hydrogen-bond donors (Lipinski definition) is 0. The molecule has 0 amide bonds. The summed E-state index contributed by atoms with van der Waals surface area (Å²) in [4.78, 5) is 21.5. The lowest BCUT2D eigenvalue weighted by Crippen LogP contribution is -2.13. The van der Waals surface area contributed by atoms with Gasteiger partial charge in [0.05, 0.1) is 6.61 Å². The van der Waals surface area contributed by atoms with Gasteiger partial charge in [0.25, 0.3) is 0 Å². The molecule has 0 aliphatic rings. The largest absolute Gasteiger partial charge is 0.466 e. The van der Waals surface area contributed by atoms with Crippen molar-refractivity contribution >= 4 is 11.9 Å². The second-order valence-electron chi connectivity index (χ2n) is 3.92. The maximum absolute atomic E-state index is 10.9. The molecule has 0 aliphatic carbocycles. The number of unbranched alkanes of at least 4 members (excludes halogenated alkanes) is 1. The fraction of sp³-hybridized carbons (Fsp3) is 0.571. The Balaban J connectivity index is 3.96. The molecule has 0 bridgehead atoms. The van der Waals surface area contributed by atoms with E-state index in [0.29, 0.717) is 13.0 Å². The van der Waals surface area contributed by atoms with Crippen molar-refractivity contribution in [2.75, 3.05) is 6.61 Å². The number of hydrogen-bond acceptors (Lipinski definition) is 4. The summed E-state index contributed by atoms with van der Waals surface area (Å²) in [6.07, 6.45) is 8.57. The predicted molar refractivity (Wildman–Crippen MR) is 70.0 cm³/mol. The highest BCUT2D eigenvalue weighted by Gasteiger charge is 2.07. The molecule has 4 heteroatoms. The Hall–Kier alpha value is -1.58. The van der Waals surface area contributed by atoms with Crippen LogP contribution in [0.5, 0.6) is 0 Å². The van der Waals surface area contributed by atoms with Crippen molar-refractivity contribution in [1.29, 1.82) is 0 Å². The Morgan fingerprint density at radius 2 is 1.94 bits per heavy atom. The molecule has 0 aromatic heterocycles. The number of carbonyl (C=O) groups is 2. The van der Waals surface area contributed by atoms with Gasteiger partial charge in [0.15, 0.2) is 0 Å². The highest BCUT2D eigenvalue weighted by Crippen LogP contribution is 2.08. The summed E-state index contributed by atoms with van der Waals surface area (Å²) in [5.41, 5.74) is 0. The maximum Gasteiger partial charge on any atom is 0.303 e. The topological polar surface area (TPSA) is 52.6 Å². The van der Waals surface area contributed by atoms with E-state index in [9.17, 15) is 9.59 Å². The van der Waals surface area contributed by atoms with Crippen LogP contribution >= 0.6 is 0 Å². The van der Waals surface area contributed by atoms with E-state index < -0.39 is 0 Å². The SMILES string of the molecule is C=CCCCC(C=CCCOC(C)=O)OC(C)=O. The third kappa shape index (κ3) is 10.9. The van der Waals surface area contributed by atoms with Gasteiger partial charge >= 0.3 is 11.9 Å². The van der Waals surface area contributed by atoms with E-state index in [-0.39, 0.29) is 18.0 Å². The molecule has 0 N–H and O–H groups in total.